The molecule has 0 radical (unpaired) electrons. The summed E-state index contributed by atoms with van der Waals surface area (Å²) in [6.45, 7) is 6.05. The highest BCUT2D eigenvalue weighted by Crippen LogP contribution is 2.25. The maximum atomic E-state index is 12.5. The summed E-state index contributed by atoms with van der Waals surface area (Å²) in [6.07, 6.45) is 1.66. The molecule has 0 fully saturated rings. The summed E-state index contributed by atoms with van der Waals surface area (Å²) in [4.78, 5) is 21.9. The van der Waals surface area contributed by atoms with Gasteiger partial charge in [0.25, 0.3) is 11.7 Å². The predicted octanol–water partition coefficient (Wildman–Crippen LogP) is 2.62. The maximum absolute atomic E-state index is 12.5. The van der Waals surface area contributed by atoms with Crippen LogP contribution in [0.4, 0.5) is 0 Å². The highest BCUT2D eigenvalue weighted by molar-refractivity contribution is 7.10. The molecule has 22 heavy (non-hydrogen) atoms. The lowest BCUT2D eigenvalue weighted by atomic mass is 10.0. The largest absolute Gasteiger partial charge is 0.341 e. The summed E-state index contributed by atoms with van der Waals surface area (Å²) >= 11 is 1.63. The van der Waals surface area contributed by atoms with Crippen molar-refractivity contribution in [2.45, 2.75) is 26.8 Å². The fourth-order valence-electron chi connectivity index (χ4n) is 2.24. The van der Waals surface area contributed by atoms with Crippen LogP contribution in [0.15, 0.2) is 29.8 Å². The fraction of sp³-hybridized carbons (Fsp3) is 0.333. The molecule has 3 aromatic rings. The van der Waals surface area contributed by atoms with Gasteiger partial charge in [-0.15, -0.1) is 16.4 Å². The summed E-state index contributed by atoms with van der Waals surface area (Å²) in [5, 5.41) is 9.27. The van der Waals surface area contributed by atoms with E-state index in [0.29, 0.717) is 5.78 Å². The van der Waals surface area contributed by atoms with Gasteiger partial charge in [0.05, 0.1) is 6.04 Å². The predicted molar refractivity (Wildman–Crippen MR) is 84.9 cm³/mol. The van der Waals surface area contributed by atoms with E-state index in [0.717, 1.165) is 10.6 Å². The van der Waals surface area contributed by atoms with Gasteiger partial charge in [-0.2, -0.15) is 4.98 Å². The van der Waals surface area contributed by atoms with E-state index in [-0.39, 0.29) is 23.7 Å². The number of thiophene rings is 1. The molecule has 3 rings (SSSR count). The van der Waals surface area contributed by atoms with Gasteiger partial charge in [0.2, 0.25) is 5.82 Å². The Hall–Kier alpha value is -2.28. The van der Waals surface area contributed by atoms with E-state index in [9.17, 15) is 4.79 Å². The van der Waals surface area contributed by atoms with Crippen molar-refractivity contribution in [3.05, 3.63) is 46.2 Å². The fourth-order valence-corrected chi connectivity index (χ4v) is 3.19. The summed E-state index contributed by atoms with van der Waals surface area (Å²) < 4.78 is 1.57. The molecular formula is C15H17N5OS. The number of carbonyl (C=O) groups excluding carboxylic acids is 1. The Balaban J connectivity index is 1.87. The van der Waals surface area contributed by atoms with Crippen molar-refractivity contribution in [1.29, 1.82) is 0 Å². The molecule has 0 spiro atoms. The van der Waals surface area contributed by atoms with Crippen LogP contribution in [0.1, 0.15) is 41.1 Å². The average Bonchev–Trinajstić information content (AvgIpc) is 3.13. The molecule has 1 amide bonds. The number of hydrogen-bond donors (Lipinski definition) is 1. The summed E-state index contributed by atoms with van der Waals surface area (Å²) in [7, 11) is 0. The first-order valence-corrected chi connectivity index (χ1v) is 7.97. The quantitative estimate of drug-likeness (QED) is 0.803. The molecule has 6 nitrogen and oxygen atoms in total. The number of carbonyl (C=O) groups is 1. The van der Waals surface area contributed by atoms with Gasteiger partial charge >= 0.3 is 0 Å². The van der Waals surface area contributed by atoms with Gasteiger partial charge in [-0.05, 0) is 30.4 Å². The Morgan fingerprint density at radius 2 is 2.18 bits per heavy atom. The van der Waals surface area contributed by atoms with Gasteiger partial charge in [0.15, 0.2) is 0 Å². The van der Waals surface area contributed by atoms with Crippen LogP contribution in [-0.4, -0.2) is 25.5 Å². The number of hydrogen-bond acceptors (Lipinski definition) is 5. The second-order valence-corrected chi connectivity index (χ2v) is 6.42. The first-order valence-electron chi connectivity index (χ1n) is 7.09. The highest BCUT2D eigenvalue weighted by Gasteiger charge is 2.22. The van der Waals surface area contributed by atoms with Crippen LogP contribution in [0.2, 0.25) is 0 Å². The van der Waals surface area contributed by atoms with Gasteiger partial charge in [-0.3, -0.25) is 4.79 Å². The smallest absolute Gasteiger partial charge is 0.291 e. The van der Waals surface area contributed by atoms with Gasteiger partial charge in [0, 0.05) is 16.8 Å². The third-order valence-corrected chi connectivity index (χ3v) is 4.39. The van der Waals surface area contributed by atoms with Crippen molar-refractivity contribution in [2.75, 3.05) is 0 Å². The molecule has 0 aliphatic carbocycles. The zero-order valence-electron chi connectivity index (χ0n) is 12.6. The maximum Gasteiger partial charge on any atom is 0.291 e. The van der Waals surface area contributed by atoms with Crippen LogP contribution in [0, 0.1) is 12.8 Å². The van der Waals surface area contributed by atoms with Gasteiger partial charge in [-0.1, -0.05) is 19.9 Å². The number of rotatable bonds is 4. The van der Waals surface area contributed by atoms with Gasteiger partial charge < -0.3 is 5.32 Å². The van der Waals surface area contributed by atoms with Crippen molar-refractivity contribution in [1.82, 2.24) is 24.9 Å². The molecule has 0 saturated carbocycles. The monoisotopic (exact) mass is 315 g/mol. The molecule has 0 aromatic carbocycles. The van der Waals surface area contributed by atoms with Gasteiger partial charge in [-0.25, -0.2) is 9.50 Å². The molecule has 3 heterocycles. The Bertz CT molecular complexity index is 793. The normalized spacial score (nSPS) is 12.7. The molecule has 0 bridgehead atoms. The minimum Gasteiger partial charge on any atom is -0.341 e. The van der Waals surface area contributed by atoms with Crippen LogP contribution in [0.5, 0.6) is 0 Å². The third-order valence-electron chi connectivity index (χ3n) is 3.44. The minimum atomic E-state index is -0.281. The Morgan fingerprint density at radius 1 is 1.36 bits per heavy atom. The van der Waals surface area contributed by atoms with Crippen molar-refractivity contribution in [2.24, 2.45) is 5.92 Å². The first kappa shape index (κ1) is 14.6. The summed E-state index contributed by atoms with van der Waals surface area (Å²) in [5.74, 6) is 0.572. The lowest BCUT2D eigenvalue weighted by Crippen LogP contribution is -2.32. The van der Waals surface area contributed by atoms with E-state index in [2.05, 4.69) is 34.2 Å². The molecule has 3 aromatic heterocycles. The van der Waals surface area contributed by atoms with Gasteiger partial charge in [0.1, 0.15) is 0 Å². The molecular weight excluding hydrogens is 298 g/mol. The highest BCUT2D eigenvalue weighted by atomic mass is 32.1. The van der Waals surface area contributed by atoms with Crippen LogP contribution in [0.25, 0.3) is 5.78 Å². The van der Waals surface area contributed by atoms with Crippen LogP contribution >= 0.6 is 11.3 Å². The third kappa shape index (κ3) is 2.71. The Kier molecular flexibility index (Phi) is 3.89. The molecule has 1 atom stereocenters. The Morgan fingerprint density at radius 3 is 2.82 bits per heavy atom. The minimum absolute atomic E-state index is 0.0480. The first-order chi connectivity index (χ1) is 10.6. The molecule has 0 aliphatic rings. The SMILES string of the molecule is Cc1ccnc2nc(C(=O)N[C@H](c3cccs3)C(C)C)nn12. The number of nitrogens with one attached hydrogen (secondary N) is 1. The topological polar surface area (TPSA) is 72.2 Å². The zero-order valence-corrected chi connectivity index (χ0v) is 13.5. The average molecular weight is 315 g/mol. The number of fused-ring (bicyclic) bond motifs is 1. The number of nitrogens with zero attached hydrogens (tertiary/aromatic N) is 4. The molecule has 0 unspecified atom stereocenters. The second kappa shape index (κ2) is 5.84. The standard InChI is InChI=1S/C15H17N5OS/c1-9(2)12(11-5-4-8-22-11)17-14(21)13-18-15-16-7-6-10(3)20(15)19-13/h4-9,12H,1-3H3,(H,17,21)/t12-/m0/s1. The zero-order chi connectivity index (χ0) is 15.7. The Labute approximate surface area is 132 Å². The molecule has 0 aliphatic heterocycles. The van der Waals surface area contributed by atoms with Crippen molar-refractivity contribution in [3.8, 4) is 0 Å². The number of aryl methyl sites for hydroxylation is 1. The summed E-state index contributed by atoms with van der Waals surface area (Å²) in [5.41, 5.74) is 0.884. The van der Waals surface area contributed by atoms with Crippen LogP contribution in [0.3, 0.4) is 0 Å². The molecule has 0 saturated heterocycles. The number of amides is 1. The second-order valence-electron chi connectivity index (χ2n) is 5.44. The van der Waals surface area contributed by atoms with E-state index >= 15 is 0 Å². The lowest BCUT2D eigenvalue weighted by Gasteiger charge is -2.20. The van der Waals surface area contributed by atoms with Crippen LogP contribution in [-0.2, 0) is 0 Å². The molecule has 7 heteroatoms. The van der Waals surface area contributed by atoms with Crippen molar-refractivity contribution >= 4 is 23.0 Å². The van der Waals surface area contributed by atoms with E-state index < -0.39 is 0 Å². The van der Waals surface area contributed by atoms with Crippen LogP contribution < -0.4 is 5.32 Å². The molecule has 1 N–H and O–H groups in total. The van der Waals surface area contributed by atoms with Crippen molar-refractivity contribution < 1.29 is 4.79 Å². The van der Waals surface area contributed by atoms with Crippen molar-refractivity contribution in [3.63, 3.8) is 0 Å². The molecule has 114 valence electrons. The van der Waals surface area contributed by atoms with E-state index in [1.165, 1.54) is 0 Å². The number of aromatic nitrogens is 4. The van der Waals surface area contributed by atoms with E-state index in [1.807, 2.05) is 30.5 Å². The van der Waals surface area contributed by atoms with E-state index in [4.69, 9.17) is 0 Å². The van der Waals surface area contributed by atoms with E-state index in [1.54, 1.807) is 22.0 Å². The summed E-state index contributed by atoms with van der Waals surface area (Å²) in [6, 6.07) is 5.79. The lowest BCUT2D eigenvalue weighted by molar-refractivity contribution is 0.0916.